The summed E-state index contributed by atoms with van der Waals surface area (Å²) in [7, 11) is 0. The number of nitrogens with one attached hydrogen (secondary N) is 1. The predicted molar refractivity (Wildman–Crippen MR) is 81.2 cm³/mol. The van der Waals surface area contributed by atoms with Crippen LogP contribution in [-0.4, -0.2) is 16.2 Å². The van der Waals surface area contributed by atoms with E-state index in [1.54, 1.807) is 0 Å². The van der Waals surface area contributed by atoms with Crippen LogP contribution in [0.1, 0.15) is 0 Å². The number of anilines is 2. The molecule has 0 fully saturated rings. The Balaban J connectivity index is 1.57. The van der Waals surface area contributed by atoms with Gasteiger partial charge in [0.2, 0.25) is 11.9 Å². The quantitative estimate of drug-likeness (QED) is 0.799. The summed E-state index contributed by atoms with van der Waals surface area (Å²) in [5.41, 5.74) is 1.91. The van der Waals surface area contributed by atoms with Crippen LogP contribution >= 0.6 is 11.5 Å². The lowest BCUT2D eigenvalue weighted by molar-refractivity contribution is 0.174. The van der Waals surface area contributed by atoms with E-state index >= 15 is 0 Å². The van der Waals surface area contributed by atoms with Crippen molar-refractivity contribution >= 4 is 22.4 Å². The van der Waals surface area contributed by atoms with E-state index in [1.807, 2.05) is 48.5 Å². The molecule has 0 unspecified atom stereocenters. The largest absolute Gasteiger partial charge is 0.454 e. The molecule has 0 saturated heterocycles. The molecule has 21 heavy (non-hydrogen) atoms. The van der Waals surface area contributed by atoms with Crippen molar-refractivity contribution in [2.75, 3.05) is 12.1 Å². The molecule has 104 valence electrons. The highest BCUT2D eigenvalue weighted by molar-refractivity contribution is 7.09. The third kappa shape index (κ3) is 2.41. The molecule has 4 rings (SSSR count). The molecule has 0 spiro atoms. The summed E-state index contributed by atoms with van der Waals surface area (Å²) in [5, 5.41) is 3.98. The van der Waals surface area contributed by atoms with Gasteiger partial charge < -0.3 is 14.8 Å². The highest BCUT2D eigenvalue weighted by atomic mass is 32.1. The number of nitrogens with zero attached hydrogens (tertiary/aromatic N) is 2. The first kappa shape index (κ1) is 12.2. The second-order valence-corrected chi connectivity index (χ2v) is 5.23. The van der Waals surface area contributed by atoms with Gasteiger partial charge in [0.15, 0.2) is 17.3 Å². The Labute approximate surface area is 125 Å². The maximum absolute atomic E-state index is 5.36. The summed E-state index contributed by atoms with van der Waals surface area (Å²) in [6, 6.07) is 15.6. The lowest BCUT2D eigenvalue weighted by Crippen LogP contribution is -1.93. The topological polar surface area (TPSA) is 56.3 Å². The van der Waals surface area contributed by atoms with E-state index < -0.39 is 0 Å². The highest BCUT2D eigenvalue weighted by Crippen LogP contribution is 2.35. The van der Waals surface area contributed by atoms with E-state index in [1.165, 1.54) is 11.5 Å². The first-order valence-corrected chi connectivity index (χ1v) is 7.22. The third-order valence-corrected chi connectivity index (χ3v) is 3.71. The van der Waals surface area contributed by atoms with Gasteiger partial charge in [0.1, 0.15) is 0 Å². The van der Waals surface area contributed by atoms with Gasteiger partial charge in [0.25, 0.3) is 0 Å². The van der Waals surface area contributed by atoms with Crippen LogP contribution in [0.15, 0.2) is 48.5 Å². The third-order valence-electron chi connectivity index (χ3n) is 3.08. The van der Waals surface area contributed by atoms with Gasteiger partial charge in [0, 0.05) is 28.8 Å². The summed E-state index contributed by atoms with van der Waals surface area (Å²) >= 11 is 1.33. The van der Waals surface area contributed by atoms with Crippen molar-refractivity contribution in [1.82, 2.24) is 9.36 Å². The smallest absolute Gasteiger partial charge is 0.231 e. The fraction of sp³-hybridized carbons (Fsp3) is 0.0667. The van der Waals surface area contributed by atoms with Gasteiger partial charge >= 0.3 is 0 Å². The first-order chi connectivity index (χ1) is 10.4. The van der Waals surface area contributed by atoms with Crippen LogP contribution in [0.4, 0.5) is 10.8 Å². The molecule has 0 amide bonds. The van der Waals surface area contributed by atoms with E-state index in [2.05, 4.69) is 14.7 Å². The molecule has 3 aromatic rings. The highest BCUT2D eigenvalue weighted by Gasteiger charge is 2.14. The Kier molecular flexibility index (Phi) is 2.93. The van der Waals surface area contributed by atoms with Crippen LogP contribution in [0.5, 0.6) is 11.5 Å². The van der Waals surface area contributed by atoms with Crippen molar-refractivity contribution in [1.29, 1.82) is 0 Å². The van der Waals surface area contributed by atoms with E-state index in [0.717, 1.165) is 33.7 Å². The lowest BCUT2D eigenvalue weighted by atomic mass is 10.2. The van der Waals surface area contributed by atoms with Crippen LogP contribution in [0.3, 0.4) is 0 Å². The zero-order valence-corrected chi connectivity index (χ0v) is 11.8. The summed E-state index contributed by atoms with van der Waals surface area (Å²) in [6.07, 6.45) is 0. The second kappa shape index (κ2) is 5.06. The molecule has 2 aromatic carbocycles. The van der Waals surface area contributed by atoms with Gasteiger partial charge in [-0.1, -0.05) is 30.3 Å². The van der Waals surface area contributed by atoms with Crippen molar-refractivity contribution in [3.63, 3.8) is 0 Å². The first-order valence-electron chi connectivity index (χ1n) is 6.44. The number of benzene rings is 2. The van der Waals surface area contributed by atoms with Crippen molar-refractivity contribution in [3.8, 4) is 22.9 Å². The van der Waals surface area contributed by atoms with E-state index in [9.17, 15) is 0 Å². The van der Waals surface area contributed by atoms with Crippen LogP contribution < -0.4 is 14.8 Å². The van der Waals surface area contributed by atoms with Gasteiger partial charge in [0.05, 0.1) is 0 Å². The summed E-state index contributed by atoms with van der Waals surface area (Å²) < 4.78 is 15.0. The molecule has 0 saturated carbocycles. The van der Waals surface area contributed by atoms with E-state index in [0.29, 0.717) is 0 Å². The van der Waals surface area contributed by atoms with Crippen molar-refractivity contribution in [2.24, 2.45) is 0 Å². The number of ether oxygens (including phenoxy) is 2. The molecule has 6 heteroatoms. The molecule has 0 aliphatic carbocycles. The fourth-order valence-electron chi connectivity index (χ4n) is 2.08. The molecule has 2 heterocycles. The number of aromatic nitrogens is 2. The van der Waals surface area contributed by atoms with E-state index in [4.69, 9.17) is 9.47 Å². The van der Waals surface area contributed by atoms with Crippen molar-refractivity contribution in [3.05, 3.63) is 48.5 Å². The average Bonchev–Trinajstić information content (AvgIpc) is 3.17. The van der Waals surface area contributed by atoms with Crippen LogP contribution in [0, 0.1) is 0 Å². The minimum atomic E-state index is 0.274. The van der Waals surface area contributed by atoms with Crippen molar-refractivity contribution < 1.29 is 9.47 Å². The van der Waals surface area contributed by atoms with Gasteiger partial charge in [-0.05, 0) is 12.1 Å². The van der Waals surface area contributed by atoms with Gasteiger partial charge in [-0.25, -0.2) is 0 Å². The van der Waals surface area contributed by atoms with Crippen LogP contribution in [0.2, 0.25) is 0 Å². The predicted octanol–water partition coefficient (Wildman–Crippen LogP) is 3.68. The van der Waals surface area contributed by atoms with Gasteiger partial charge in [-0.3, -0.25) is 0 Å². The molecular formula is C15H11N3O2S. The summed E-state index contributed by atoms with van der Waals surface area (Å²) in [4.78, 5) is 4.49. The van der Waals surface area contributed by atoms with E-state index in [-0.39, 0.29) is 6.79 Å². The zero-order chi connectivity index (χ0) is 14.1. The van der Waals surface area contributed by atoms with Gasteiger partial charge in [-0.2, -0.15) is 9.36 Å². The van der Waals surface area contributed by atoms with Crippen LogP contribution in [0.25, 0.3) is 11.4 Å². The summed E-state index contributed by atoms with van der Waals surface area (Å²) in [5.74, 6) is 2.24. The number of hydrogen-bond donors (Lipinski definition) is 1. The maximum atomic E-state index is 5.36. The molecular weight excluding hydrogens is 286 g/mol. The van der Waals surface area contributed by atoms with Gasteiger partial charge in [-0.15, -0.1) is 0 Å². The second-order valence-electron chi connectivity index (χ2n) is 4.48. The standard InChI is InChI=1S/C15H11N3O2S/c1-2-4-10(5-3-1)14-17-15(21-18-14)16-11-6-7-12-13(8-11)20-9-19-12/h1-8H,9H2,(H,16,17,18). The average molecular weight is 297 g/mol. The lowest BCUT2D eigenvalue weighted by Gasteiger charge is -2.03. The molecule has 1 aliphatic heterocycles. The number of hydrogen-bond acceptors (Lipinski definition) is 6. The Hall–Kier alpha value is -2.60. The Morgan fingerprint density at radius 1 is 1.00 bits per heavy atom. The normalized spacial score (nSPS) is 12.4. The zero-order valence-electron chi connectivity index (χ0n) is 10.9. The van der Waals surface area contributed by atoms with Crippen LogP contribution in [-0.2, 0) is 0 Å². The molecule has 0 bridgehead atoms. The minimum absolute atomic E-state index is 0.274. The Morgan fingerprint density at radius 3 is 2.76 bits per heavy atom. The Morgan fingerprint density at radius 2 is 1.86 bits per heavy atom. The molecule has 1 aliphatic rings. The Bertz CT molecular complexity index is 774. The minimum Gasteiger partial charge on any atom is -0.454 e. The molecule has 1 N–H and O–H groups in total. The van der Waals surface area contributed by atoms with Crippen molar-refractivity contribution in [2.45, 2.75) is 0 Å². The number of rotatable bonds is 3. The fourth-order valence-corrected chi connectivity index (χ4v) is 2.69. The SMILES string of the molecule is c1ccc(-c2nsc(Nc3ccc4c(c3)OCO4)n2)cc1. The maximum Gasteiger partial charge on any atom is 0.231 e. The summed E-state index contributed by atoms with van der Waals surface area (Å²) in [6.45, 7) is 0.274. The monoisotopic (exact) mass is 297 g/mol. The molecule has 0 atom stereocenters. The number of fused-ring (bicyclic) bond motifs is 1. The molecule has 5 nitrogen and oxygen atoms in total. The molecule has 1 aromatic heterocycles. The molecule has 0 radical (unpaired) electrons.